The fraction of sp³-hybridized carbons (Fsp3) is 0.0667. The van der Waals surface area contributed by atoms with E-state index in [9.17, 15) is 9.59 Å². The van der Waals surface area contributed by atoms with Crippen molar-refractivity contribution in [3.63, 3.8) is 0 Å². The third kappa shape index (κ3) is 4.24. The average molecular weight is 362 g/mol. The average Bonchev–Trinajstić information content (AvgIpc) is 2.95. The number of carbonyl (C=O) groups is 2. The number of pyridine rings is 1. The molecule has 3 N–H and O–H groups in total. The van der Waals surface area contributed by atoms with Crippen LogP contribution in [0.4, 0.5) is 10.5 Å². The zero-order chi connectivity index (χ0) is 16.9. The maximum atomic E-state index is 11.8. The number of thioether (sulfide) groups is 1. The van der Waals surface area contributed by atoms with Crippen LogP contribution in [0.15, 0.2) is 47.8 Å². The second-order valence-corrected chi connectivity index (χ2v) is 6.12. The Bertz CT molecular complexity index is 884. The van der Waals surface area contributed by atoms with Crippen LogP contribution in [-0.4, -0.2) is 32.6 Å². The molecule has 0 aliphatic carbocycles. The van der Waals surface area contributed by atoms with Gasteiger partial charge in [0.05, 0.1) is 16.3 Å². The van der Waals surface area contributed by atoms with E-state index in [1.165, 1.54) is 18.0 Å². The van der Waals surface area contributed by atoms with Crippen LogP contribution in [0.1, 0.15) is 0 Å². The molecular formula is C15H12ClN5O2S. The summed E-state index contributed by atoms with van der Waals surface area (Å²) in [5.41, 5.74) is 1.81. The molecule has 0 atom stereocenters. The molecule has 7 nitrogen and oxygen atoms in total. The number of H-pyrrole nitrogens is 1. The molecule has 3 rings (SSSR count). The lowest BCUT2D eigenvalue weighted by Crippen LogP contribution is -2.35. The zero-order valence-corrected chi connectivity index (χ0v) is 13.8. The van der Waals surface area contributed by atoms with Crippen LogP contribution in [0.3, 0.4) is 0 Å². The van der Waals surface area contributed by atoms with E-state index in [2.05, 4.69) is 25.6 Å². The Balaban J connectivity index is 1.52. The summed E-state index contributed by atoms with van der Waals surface area (Å²) in [5, 5.41) is 5.85. The quantitative estimate of drug-likeness (QED) is 0.620. The SMILES string of the molecule is O=C(CSc1nc2ncc(Cl)cc2[nH]1)NC(=O)Nc1ccccc1. The van der Waals surface area contributed by atoms with Crippen LogP contribution in [0.25, 0.3) is 11.2 Å². The number of aromatic nitrogens is 3. The molecule has 9 heteroatoms. The topological polar surface area (TPSA) is 99.8 Å². The van der Waals surface area contributed by atoms with E-state index in [0.29, 0.717) is 27.0 Å². The van der Waals surface area contributed by atoms with Gasteiger partial charge < -0.3 is 10.3 Å². The number of para-hydroxylation sites is 1. The molecule has 24 heavy (non-hydrogen) atoms. The van der Waals surface area contributed by atoms with Gasteiger partial charge in [0, 0.05) is 11.9 Å². The number of fused-ring (bicyclic) bond motifs is 1. The van der Waals surface area contributed by atoms with Crippen molar-refractivity contribution >= 4 is 52.2 Å². The Morgan fingerprint density at radius 3 is 2.83 bits per heavy atom. The Morgan fingerprint density at radius 2 is 2.04 bits per heavy atom. The highest BCUT2D eigenvalue weighted by atomic mass is 35.5. The van der Waals surface area contributed by atoms with E-state index in [1.54, 1.807) is 30.3 Å². The smallest absolute Gasteiger partial charge is 0.325 e. The van der Waals surface area contributed by atoms with Crippen molar-refractivity contribution in [3.8, 4) is 0 Å². The van der Waals surface area contributed by atoms with E-state index >= 15 is 0 Å². The number of imide groups is 1. The first-order chi connectivity index (χ1) is 11.6. The number of nitrogens with zero attached hydrogens (tertiary/aromatic N) is 2. The maximum Gasteiger partial charge on any atom is 0.325 e. The lowest BCUT2D eigenvalue weighted by Gasteiger charge is -2.05. The summed E-state index contributed by atoms with van der Waals surface area (Å²) in [6.45, 7) is 0. The van der Waals surface area contributed by atoms with Crippen LogP contribution < -0.4 is 10.6 Å². The van der Waals surface area contributed by atoms with Crippen LogP contribution >= 0.6 is 23.4 Å². The van der Waals surface area contributed by atoms with Gasteiger partial charge in [0.2, 0.25) is 5.91 Å². The summed E-state index contributed by atoms with van der Waals surface area (Å²) >= 11 is 7.02. The number of hydrogen-bond acceptors (Lipinski definition) is 5. The third-order valence-electron chi connectivity index (χ3n) is 2.91. The van der Waals surface area contributed by atoms with E-state index in [0.717, 1.165) is 0 Å². The normalized spacial score (nSPS) is 10.5. The maximum absolute atomic E-state index is 11.8. The predicted molar refractivity (Wildman–Crippen MR) is 93.2 cm³/mol. The molecular weight excluding hydrogens is 350 g/mol. The monoisotopic (exact) mass is 361 g/mol. The standard InChI is InChI=1S/C15H12ClN5O2S/c16-9-6-11-13(17-7-9)21-15(19-11)24-8-12(22)20-14(23)18-10-4-2-1-3-5-10/h1-7H,8H2,(H,17,19,21)(H2,18,20,22,23). The van der Waals surface area contributed by atoms with Gasteiger partial charge in [-0.05, 0) is 18.2 Å². The first kappa shape index (κ1) is 16.3. The van der Waals surface area contributed by atoms with Crippen molar-refractivity contribution < 1.29 is 9.59 Å². The molecule has 0 bridgehead atoms. The summed E-state index contributed by atoms with van der Waals surface area (Å²) in [6, 6.07) is 9.99. The largest absolute Gasteiger partial charge is 0.331 e. The minimum Gasteiger partial charge on any atom is -0.331 e. The van der Waals surface area contributed by atoms with Crippen LogP contribution in [0, 0.1) is 0 Å². The van der Waals surface area contributed by atoms with Crippen molar-refractivity contribution in [2.24, 2.45) is 0 Å². The number of anilines is 1. The highest BCUT2D eigenvalue weighted by molar-refractivity contribution is 7.99. The van der Waals surface area contributed by atoms with E-state index in [1.807, 2.05) is 6.07 Å². The first-order valence-corrected chi connectivity index (χ1v) is 8.26. The summed E-state index contributed by atoms with van der Waals surface area (Å²) in [5.74, 6) is -0.393. The molecule has 0 spiro atoms. The van der Waals surface area contributed by atoms with Gasteiger partial charge >= 0.3 is 6.03 Å². The molecule has 0 aliphatic rings. The molecule has 1 aromatic carbocycles. The highest BCUT2D eigenvalue weighted by Gasteiger charge is 2.11. The number of nitrogens with one attached hydrogen (secondary N) is 3. The number of urea groups is 1. The minimum atomic E-state index is -0.579. The molecule has 0 radical (unpaired) electrons. The fourth-order valence-electron chi connectivity index (χ4n) is 1.90. The highest BCUT2D eigenvalue weighted by Crippen LogP contribution is 2.20. The first-order valence-electron chi connectivity index (χ1n) is 6.90. The lowest BCUT2D eigenvalue weighted by molar-refractivity contribution is -0.117. The third-order valence-corrected chi connectivity index (χ3v) is 3.99. The van der Waals surface area contributed by atoms with Crippen LogP contribution in [-0.2, 0) is 4.79 Å². The molecule has 2 aromatic heterocycles. The molecule has 0 unspecified atom stereocenters. The lowest BCUT2D eigenvalue weighted by atomic mass is 10.3. The van der Waals surface area contributed by atoms with Gasteiger partial charge in [-0.15, -0.1) is 0 Å². The molecule has 0 saturated carbocycles. The number of imidazole rings is 1. The molecule has 3 aromatic rings. The number of rotatable bonds is 4. The Kier molecular flexibility index (Phi) is 4.97. The summed E-state index contributed by atoms with van der Waals surface area (Å²) < 4.78 is 0. The molecule has 122 valence electrons. The summed E-state index contributed by atoms with van der Waals surface area (Å²) in [4.78, 5) is 34.8. The minimum absolute atomic E-state index is 0.0375. The Labute approximate surface area is 146 Å². The van der Waals surface area contributed by atoms with Gasteiger partial charge in [-0.1, -0.05) is 41.6 Å². The van der Waals surface area contributed by atoms with E-state index in [-0.39, 0.29) is 5.75 Å². The Hall–Kier alpha value is -2.58. The van der Waals surface area contributed by atoms with Crippen molar-refractivity contribution in [2.45, 2.75) is 5.16 Å². The van der Waals surface area contributed by atoms with Gasteiger partial charge in [-0.2, -0.15) is 0 Å². The van der Waals surface area contributed by atoms with E-state index < -0.39 is 11.9 Å². The molecule has 0 saturated heterocycles. The predicted octanol–water partition coefficient (Wildman–Crippen LogP) is 3.05. The van der Waals surface area contributed by atoms with Crippen LogP contribution in [0.5, 0.6) is 0 Å². The summed E-state index contributed by atoms with van der Waals surface area (Å²) in [7, 11) is 0. The zero-order valence-electron chi connectivity index (χ0n) is 12.2. The second-order valence-electron chi connectivity index (χ2n) is 4.72. The van der Waals surface area contributed by atoms with Gasteiger partial charge in [0.25, 0.3) is 0 Å². The summed E-state index contributed by atoms with van der Waals surface area (Å²) in [6.07, 6.45) is 1.50. The van der Waals surface area contributed by atoms with Crippen molar-refractivity contribution in [3.05, 3.63) is 47.6 Å². The Morgan fingerprint density at radius 1 is 1.25 bits per heavy atom. The second kappa shape index (κ2) is 7.33. The van der Waals surface area contributed by atoms with Gasteiger partial charge in [0.1, 0.15) is 0 Å². The molecule has 0 fully saturated rings. The van der Waals surface area contributed by atoms with Gasteiger partial charge in [-0.25, -0.2) is 14.8 Å². The number of amides is 3. The van der Waals surface area contributed by atoms with Gasteiger partial charge in [0.15, 0.2) is 10.8 Å². The van der Waals surface area contributed by atoms with Gasteiger partial charge in [-0.3, -0.25) is 10.1 Å². The van der Waals surface area contributed by atoms with Crippen LogP contribution in [0.2, 0.25) is 5.02 Å². The molecule has 0 aliphatic heterocycles. The fourth-order valence-corrected chi connectivity index (χ4v) is 2.73. The number of carbonyl (C=O) groups excluding carboxylic acids is 2. The number of aromatic amines is 1. The number of hydrogen-bond donors (Lipinski definition) is 3. The number of benzene rings is 1. The van der Waals surface area contributed by atoms with Crippen molar-refractivity contribution in [1.82, 2.24) is 20.3 Å². The van der Waals surface area contributed by atoms with Crippen molar-refractivity contribution in [2.75, 3.05) is 11.1 Å². The van der Waals surface area contributed by atoms with Crippen molar-refractivity contribution in [1.29, 1.82) is 0 Å². The molecule has 3 amide bonds. The number of halogens is 1. The molecule has 2 heterocycles. The van der Waals surface area contributed by atoms with E-state index in [4.69, 9.17) is 11.6 Å².